The smallest absolute Gasteiger partial charge is 0.248 e. The molecule has 1 amide bonds. The number of hydrogen-bond donors (Lipinski definition) is 1. The van der Waals surface area contributed by atoms with Crippen LogP contribution in [0.2, 0.25) is 0 Å². The molecule has 0 aliphatic carbocycles. The second-order valence-corrected chi connectivity index (χ2v) is 5.54. The Morgan fingerprint density at radius 3 is 2.84 bits per heavy atom. The van der Waals surface area contributed by atoms with Gasteiger partial charge in [-0.25, -0.2) is 0 Å². The number of hydrogen-bond acceptors (Lipinski definition) is 4. The van der Waals surface area contributed by atoms with Gasteiger partial charge in [0.2, 0.25) is 5.91 Å². The highest BCUT2D eigenvalue weighted by Crippen LogP contribution is 2.13. The lowest BCUT2D eigenvalue weighted by atomic mass is 10.2. The van der Waals surface area contributed by atoms with Crippen molar-refractivity contribution in [3.63, 3.8) is 0 Å². The minimum absolute atomic E-state index is 0.220. The van der Waals surface area contributed by atoms with Gasteiger partial charge in [0.15, 0.2) is 0 Å². The Labute approximate surface area is 145 Å². The van der Waals surface area contributed by atoms with E-state index >= 15 is 0 Å². The van der Waals surface area contributed by atoms with Gasteiger partial charge in [-0.05, 0) is 55.0 Å². The Hall–Kier alpha value is -3.05. The number of carbonyl (C=O) groups is 1. The molecule has 5 nitrogen and oxygen atoms in total. The molecule has 1 N–H and O–H groups in total. The molecule has 0 saturated carbocycles. The van der Waals surface area contributed by atoms with E-state index in [-0.39, 0.29) is 5.91 Å². The highest BCUT2D eigenvalue weighted by molar-refractivity contribution is 6.01. The van der Waals surface area contributed by atoms with Crippen LogP contribution in [0.25, 0.3) is 6.08 Å². The maximum Gasteiger partial charge on any atom is 0.248 e. The number of benzene rings is 1. The zero-order chi connectivity index (χ0) is 17.5. The van der Waals surface area contributed by atoms with Crippen LogP contribution in [0.4, 0.5) is 5.69 Å². The van der Waals surface area contributed by atoms with Crippen LogP contribution in [0.3, 0.4) is 0 Å². The van der Waals surface area contributed by atoms with Gasteiger partial charge < -0.3 is 18.9 Å². The lowest BCUT2D eigenvalue weighted by Crippen LogP contribution is -2.08. The van der Waals surface area contributed by atoms with E-state index in [1.165, 1.54) is 6.08 Å². The van der Waals surface area contributed by atoms with E-state index in [4.69, 9.17) is 13.6 Å². The second kappa shape index (κ2) is 8.17. The first-order chi connectivity index (χ1) is 12.2. The van der Waals surface area contributed by atoms with Crippen LogP contribution in [0.15, 0.2) is 69.7 Å². The van der Waals surface area contributed by atoms with Crippen LogP contribution in [-0.4, -0.2) is 5.91 Å². The fourth-order valence-corrected chi connectivity index (χ4v) is 2.29. The van der Waals surface area contributed by atoms with Crippen molar-refractivity contribution < 1.29 is 18.4 Å². The lowest BCUT2D eigenvalue weighted by molar-refractivity contribution is -0.111. The van der Waals surface area contributed by atoms with Crippen molar-refractivity contribution in [1.82, 2.24) is 0 Å². The van der Waals surface area contributed by atoms with Crippen LogP contribution in [0, 0.1) is 6.92 Å². The van der Waals surface area contributed by atoms with Crippen molar-refractivity contribution in [2.24, 2.45) is 0 Å². The molecule has 1 aromatic carbocycles. The Morgan fingerprint density at radius 1 is 1.16 bits per heavy atom. The number of furan rings is 2. The van der Waals surface area contributed by atoms with Crippen LogP contribution in [0.5, 0.6) is 0 Å². The number of anilines is 1. The van der Waals surface area contributed by atoms with Crippen LogP contribution in [0.1, 0.15) is 22.8 Å². The van der Waals surface area contributed by atoms with E-state index < -0.39 is 0 Å². The van der Waals surface area contributed by atoms with Crippen molar-refractivity contribution >= 4 is 17.7 Å². The van der Waals surface area contributed by atoms with Gasteiger partial charge in [-0.1, -0.05) is 12.1 Å². The van der Waals surface area contributed by atoms with Crippen LogP contribution < -0.4 is 5.32 Å². The molecule has 0 spiro atoms. The average molecular weight is 337 g/mol. The molecular formula is C20H19NO4. The summed E-state index contributed by atoms with van der Waals surface area (Å²) in [6, 6.07) is 14.9. The molecule has 128 valence electrons. The monoisotopic (exact) mass is 337 g/mol. The van der Waals surface area contributed by atoms with Crippen LogP contribution in [-0.2, 0) is 22.7 Å². The number of rotatable bonds is 7. The summed E-state index contributed by atoms with van der Waals surface area (Å²) in [4.78, 5) is 12.0. The molecular weight excluding hydrogens is 318 g/mol. The van der Waals surface area contributed by atoms with Gasteiger partial charge in [-0.3, -0.25) is 4.79 Å². The summed E-state index contributed by atoms with van der Waals surface area (Å²) in [6.07, 6.45) is 4.70. The van der Waals surface area contributed by atoms with Crippen LogP contribution >= 0.6 is 0 Å². The average Bonchev–Trinajstić information content (AvgIpc) is 3.25. The van der Waals surface area contributed by atoms with E-state index in [0.29, 0.717) is 24.7 Å². The van der Waals surface area contributed by atoms with E-state index in [1.807, 2.05) is 55.5 Å². The highest BCUT2D eigenvalue weighted by atomic mass is 16.5. The standard InChI is InChI=1S/C20H19NO4/c1-15-7-8-18(25-15)9-10-20(22)21-17-5-2-4-16(12-17)13-23-14-19-6-3-11-24-19/h2-12H,13-14H2,1H3,(H,21,22). The number of amides is 1. The van der Waals surface area contributed by atoms with Crippen molar-refractivity contribution in [2.75, 3.05) is 5.32 Å². The third kappa shape index (κ3) is 5.22. The van der Waals surface area contributed by atoms with Gasteiger partial charge in [0, 0.05) is 11.8 Å². The molecule has 3 rings (SSSR count). The van der Waals surface area contributed by atoms with Gasteiger partial charge >= 0.3 is 0 Å². The minimum atomic E-state index is -0.220. The predicted octanol–water partition coefficient (Wildman–Crippen LogP) is 4.55. The summed E-state index contributed by atoms with van der Waals surface area (Å²) in [5.74, 6) is 2.01. The number of ether oxygens (including phenoxy) is 1. The first-order valence-corrected chi connectivity index (χ1v) is 7.93. The predicted molar refractivity (Wildman–Crippen MR) is 94.8 cm³/mol. The molecule has 0 unspecified atom stereocenters. The Balaban J connectivity index is 1.52. The van der Waals surface area contributed by atoms with Gasteiger partial charge in [-0.2, -0.15) is 0 Å². The van der Waals surface area contributed by atoms with Crippen molar-refractivity contribution in [1.29, 1.82) is 0 Å². The molecule has 0 bridgehead atoms. The molecule has 25 heavy (non-hydrogen) atoms. The zero-order valence-corrected chi connectivity index (χ0v) is 13.9. The number of aryl methyl sites for hydroxylation is 1. The third-order valence-electron chi connectivity index (χ3n) is 3.45. The summed E-state index contributed by atoms with van der Waals surface area (Å²) in [6.45, 7) is 2.71. The summed E-state index contributed by atoms with van der Waals surface area (Å²) in [5, 5.41) is 2.82. The Kier molecular flexibility index (Phi) is 5.49. The number of nitrogens with one attached hydrogen (secondary N) is 1. The van der Waals surface area contributed by atoms with Crippen molar-refractivity contribution in [2.45, 2.75) is 20.1 Å². The van der Waals surface area contributed by atoms with Gasteiger partial charge in [0.25, 0.3) is 0 Å². The Bertz CT molecular complexity index is 846. The van der Waals surface area contributed by atoms with Gasteiger partial charge in [0.1, 0.15) is 23.9 Å². The fourth-order valence-electron chi connectivity index (χ4n) is 2.29. The van der Waals surface area contributed by atoms with Crippen molar-refractivity contribution in [3.05, 3.63) is 83.7 Å². The Morgan fingerprint density at radius 2 is 2.08 bits per heavy atom. The quantitative estimate of drug-likeness (QED) is 0.642. The molecule has 2 heterocycles. The third-order valence-corrected chi connectivity index (χ3v) is 3.45. The lowest BCUT2D eigenvalue weighted by Gasteiger charge is -2.06. The topological polar surface area (TPSA) is 64.6 Å². The molecule has 2 aromatic heterocycles. The zero-order valence-electron chi connectivity index (χ0n) is 13.9. The molecule has 3 aromatic rings. The molecule has 0 saturated heterocycles. The molecule has 0 fully saturated rings. The molecule has 0 aliphatic rings. The van der Waals surface area contributed by atoms with Gasteiger partial charge in [-0.15, -0.1) is 0 Å². The fraction of sp³-hybridized carbons (Fsp3) is 0.150. The minimum Gasteiger partial charge on any atom is -0.467 e. The normalized spacial score (nSPS) is 11.1. The molecule has 0 radical (unpaired) electrons. The summed E-state index contributed by atoms with van der Waals surface area (Å²) < 4.78 is 16.2. The number of carbonyl (C=O) groups excluding carboxylic acids is 1. The van der Waals surface area contributed by atoms with E-state index in [1.54, 1.807) is 12.3 Å². The van der Waals surface area contributed by atoms with E-state index in [2.05, 4.69) is 5.32 Å². The first-order valence-electron chi connectivity index (χ1n) is 7.93. The maximum atomic E-state index is 12.0. The van der Waals surface area contributed by atoms with E-state index in [0.717, 1.165) is 17.1 Å². The largest absolute Gasteiger partial charge is 0.467 e. The second-order valence-electron chi connectivity index (χ2n) is 5.54. The summed E-state index contributed by atoms with van der Waals surface area (Å²) in [5.41, 5.74) is 1.68. The van der Waals surface area contributed by atoms with Crippen molar-refractivity contribution in [3.8, 4) is 0 Å². The highest BCUT2D eigenvalue weighted by Gasteiger charge is 2.02. The maximum absolute atomic E-state index is 12.0. The molecule has 0 atom stereocenters. The van der Waals surface area contributed by atoms with Gasteiger partial charge in [0.05, 0.1) is 12.9 Å². The van der Waals surface area contributed by atoms with E-state index in [9.17, 15) is 4.79 Å². The summed E-state index contributed by atoms with van der Waals surface area (Å²) >= 11 is 0. The molecule has 5 heteroatoms. The molecule has 0 aliphatic heterocycles. The first kappa shape index (κ1) is 16.8. The summed E-state index contributed by atoms with van der Waals surface area (Å²) in [7, 11) is 0. The SMILES string of the molecule is Cc1ccc(C=CC(=O)Nc2cccc(COCc3ccco3)c2)o1.